The highest BCUT2D eigenvalue weighted by atomic mass is 32.1. The van der Waals surface area contributed by atoms with Gasteiger partial charge in [0, 0.05) is 59.1 Å². The predicted molar refractivity (Wildman–Crippen MR) is 280 cm³/mol. The van der Waals surface area contributed by atoms with Crippen LogP contribution in [0.1, 0.15) is 0 Å². The largest absolute Gasteiger partial charge is 0.310 e. The highest BCUT2D eigenvalue weighted by molar-refractivity contribution is 7.26. The van der Waals surface area contributed by atoms with Crippen LogP contribution in [0, 0.1) is 0 Å². The van der Waals surface area contributed by atoms with Gasteiger partial charge in [-0.3, -0.25) is 0 Å². The second-order valence-corrected chi connectivity index (χ2v) is 17.9. The molecule has 3 heteroatoms. The molecule has 0 N–H and O–H groups in total. The monoisotopic (exact) mass is 844 g/mol. The molecule has 0 aliphatic rings. The molecular formula is C62H40N2S. The van der Waals surface area contributed by atoms with Gasteiger partial charge in [-0.15, -0.1) is 11.3 Å². The van der Waals surface area contributed by atoms with Crippen LogP contribution in [0.25, 0.3) is 103 Å². The van der Waals surface area contributed by atoms with Crippen LogP contribution in [-0.2, 0) is 0 Å². The van der Waals surface area contributed by atoms with Crippen molar-refractivity contribution in [3.63, 3.8) is 0 Å². The van der Waals surface area contributed by atoms with Gasteiger partial charge in [0.15, 0.2) is 0 Å². The van der Waals surface area contributed by atoms with Crippen molar-refractivity contribution in [1.82, 2.24) is 4.57 Å². The first kappa shape index (κ1) is 37.3. The van der Waals surface area contributed by atoms with Gasteiger partial charge in [0.05, 0.1) is 16.7 Å². The van der Waals surface area contributed by atoms with E-state index in [4.69, 9.17) is 0 Å². The molecule has 0 spiro atoms. The molecule has 0 saturated carbocycles. The Bertz CT molecular complexity index is 3920. The number of anilines is 3. The van der Waals surface area contributed by atoms with Crippen LogP contribution in [0.4, 0.5) is 17.1 Å². The average Bonchev–Trinajstić information content (AvgIpc) is 3.92. The fourth-order valence-electron chi connectivity index (χ4n) is 10.2. The van der Waals surface area contributed by atoms with Crippen molar-refractivity contribution in [2.24, 2.45) is 0 Å². The minimum Gasteiger partial charge on any atom is -0.310 e. The molecule has 0 atom stereocenters. The zero-order chi connectivity index (χ0) is 42.8. The minimum absolute atomic E-state index is 1.08. The summed E-state index contributed by atoms with van der Waals surface area (Å²) in [7, 11) is 0. The minimum atomic E-state index is 1.08. The zero-order valence-electron chi connectivity index (χ0n) is 35.4. The fraction of sp³-hybridized carbons (Fsp3) is 0. The van der Waals surface area contributed by atoms with Crippen molar-refractivity contribution in [1.29, 1.82) is 0 Å². The molecule has 2 nitrogen and oxygen atoms in total. The molecule has 0 bridgehead atoms. The standard InChI is InChI=1S/C62H40N2S/c1-3-16-41(17-4-1)42-30-34-46(35-31-42)63(47-36-32-43(33-37-47)55-38-44-18-7-8-21-48(44)49-22-9-10-23-50(49)55)59-40-60-56(51-24-11-13-28-58(51)64(60)45-19-5-2-6-20-45)39-57(59)54-27-15-26-53-52-25-12-14-29-61(52)65-62(53)54/h1-40H. The Labute approximate surface area is 381 Å². The molecule has 0 unspecified atom stereocenters. The first-order chi connectivity index (χ1) is 32.2. The van der Waals surface area contributed by atoms with Crippen LogP contribution < -0.4 is 4.90 Å². The molecule has 0 amide bonds. The lowest BCUT2D eigenvalue weighted by Gasteiger charge is -2.29. The number of nitrogens with zero attached hydrogens (tertiary/aromatic N) is 2. The van der Waals surface area contributed by atoms with E-state index in [9.17, 15) is 0 Å². The SMILES string of the molecule is c1ccc(-c2ccc(N(c3ccc(-c4cc5ccccc5c5ccccc45)cc3)c3cc4c(cc3-c3cccc5c3sc3ccccc35)c3ccccc3n4-c3ccccc3)cc2)cc1. The van der Waals surface area contributed by atoms with Crippen molar-refractivity contribution < 1.29 is 0 Å². The molecular weight excluding hydrogens is 805 g/mol. The number of para-hydroxylation sites is 2. The maximum Gasteiger partial charge on any atom is 0.0562 e. The van der Waals surface area contributed by atoms with E-state index in [0.717, 1.165) is 28.3 Å². The summed E-state index contributed by atoms with van der Waals surface area (Å²) >= 11 is 1.88. The fourth-order valence-corrected chi connectivity index (χ4v) is 11.4. The number of hydrogen-bond donors (Lipinski definition) is 0. The number of thiophene rings is 1. The Morgan fingerprint density at radius 2 is 0.908 bits per heavy atom. The number of benzene rings is 11. The third-order valence-corrected chi connectivity index (χ3v) is 14.4. The summed E-state index contributed by atoms with van der Waals surface area (Å²) in [6.45, 7) is 0. The lowest BCUT2D eigenvalue weighted by Crippen LogP contribution is -2.11. The molecule has 0 saturated heterocycles. The van der Waals surface area contributed by atoms with E-state index in [0.29, 0.717) is 0 Å². The number of aromatic nitrogens is 1. The first-order valence-corrected chi connectivity index (χ1v) is 23.1. The quantitative estimate of drug-likeness (QED) is 0.145. The predicted octanol–water partition coefficient (Wildman–Crippen LogP) is 17.9. The Balaban J connectivity index is 1.09. The topological polar surface area (TPSA) is 8.17 Å². The van der Waals surface area contributed by atoms with Crippen LogP contribution >= 0.6 is 11.3 Å². The van der Waals surface area contributed by atoms with Crippen molar-refractivity contribution in [2.45, 2.75) is 0 Å². The van der Waals surface area contributed by atoms with Gasteiger partial charge in [-0.1, -0.05) is 176 Å². The van der Waals surface area contributed by atoms with Gasteiger partial charge in [0.2, 0.25) is 0 Å². The third-order valence-electron chi connectivity index (χ3n) is 13.2. The maximum atomic E-state index is 2.48. The molecule has 2 aromatic heterocycles. The Kier molecular flexibility index (Phi) is 8.75. The summed E-state index contributed by atoms with van der Waals surface area (Å²) in [4.78, 5) is 2.48. The lowest BCUT2D eigenvalue weighted by molar-refractivity contribution is 1.18. The molecule has 13 rings (SSSR count). The van der Waals surface area contributed by atoms with Gasteiger partial charge < -0.3 is 9.47 Å². The van der Waals surface area contributed by atoms with E-state index in [2.05, 4.69) is 252 Å². The van der Waals surface area contributed by atoms with Crippen LogP contribution in [0.2, 0.25) is 0 Å². The highest BCUT2D eigenvalue weighted by Gasteiger charge is 2.24. The first-order valence-electron chi connectivity index (χ1n) is 22.2. The molecule has 65 heavy (non-hydrogen) atoms. The molecule has 0 radical (unpaired) electrons. The van der Waals surface area contributed by atoms with Gasteiger partial charge in [-0.05, 0) is 111 Å². The van der Waals surface area contributed by atoms with Crippen LogP contribution in [0.3, 0.4) is 0 Å². The Hall–Kier alpha value is -8.24. The molecule has 0 aliphatic carbocycles. The number of rotatable bonds is 7. The van der Waals surface area contributed by atoms with Gasteiger partial charge in [0.25, 0.3) is 0 Å². The normalized spacial score (nSPS) is 11.7. The van der Waals surface area contributed by atoms with Crippen LogP contribution in [0.5, 0.6) is 0 Å². The number of hydrogen-bond acceptors (Lipinski definition) is 2. The van der Waals surface area contributed by atoms with E-state index < -0.39 is 0 Å². The van der Waals surface area contributed by atoms with E-state index >= 15 is 0 Å². The summed E-state index contributed by atoms with van der Waals surface area (Å²) in [5.41, 5.74) is 14.0. The van der Waals surface area contributed by atoms with Gasteiger partial charge in [-0.25, -0.2) is 0 Å². The lowest BCUT2D eigenvalue weighted by atomic mass is 9.93. The summed E-state index contributed by atoms with van der Waals surface area (Å²) in [6, 6.07) is 89.1. The van der Waals surface area contributed by atoms with Crippen LogP contribution in [0.15, 0.2) is 243 Å². The molecule has 0 aliphatic heterocycles. The second-order valence-electron chi connectivity index (χ2n) is 16.8. The third kappa shape index (κ3) is 6.16. The second kappa shape index (κ2) is 15.2. The summed E-state index contributed by atoms with van der Waals surface area (Å²) in [5.74, 6) is 0. The smallest absolute Gasteiger partial charge is 0.0562 e. The summed E-state index contributed by atoms with van der Waals surface area (Å²) in [5, 5.41) is 10.1. The van der Waals surface area contributed by atoms with E-state index in [1.54, 1.807) is 0 Å². The summed E-state index contributed by atoms with van der Waals surface area (Å²) < 4.78 is 5.02. The number of fused-ring (bicyclic) bond motifs is 9. The van der Waals surface area contributed by atoms with Crippen molar-refractivity contribution >= 4 is 91.9 Å². The van der Waals surface area contributed by atoms with Crippen molar-refractivity contribution in [3.8, 4) is 39.1 Å². The van der Waals surface area contributed by atoms with E-state index in [1.165, 1.54) is 91.4 Å². The maximum absolute atomic E-state index is 2.48. The highest BCUT2D eigenvalue weighted by Crippen LogP contribution is 2.49. The zero-order valence-corrected chi connectivity index (χ0v) is 36.2. The van der Waals surface area contributed by atoms with Crippen LogP contribution in [-0.4, -0.2) is 4.57 Å². The van der Waals surface area contributed by atoms with E-state index in [1.807, 2.05) is 11.3 Å². The van der Waals surface area contributed by atoms with Crippen molar-refractivity contribution in [2.75, 3.05) is 4.90 Å². The van der Waals surface area contributed by atoms with Gasteiger partial charge in [-0.2, -0.15) is 0 Å². The molecule has 13 aromatic rings. The Morgan fingerprint density at radius 1 is 0.323 bits per heavy atom. The van der Waals surface area contributed by atoms with E-state index in [-0.39, 0.29) is 0 Å². The molecule has 11 aromatic carbocycles. The van der Waals surface area contributed by atoms with Crippen molar-refractivity contribution in [3.05, 3.63) is 243 Å². The molecule has 304 valence electrons. The molecule has 2 heterocycles. The average molecular weight is 845 g/mol. The summed E-state index contributed by atoms with van der Waals surface area (Å²) in [6.07, 6.45) is 0. The molecule has 0 fully saturated rings. The Morgan fingerprint density at radius 3 is 1.68 bits per heavy atom. The van der Waals surface area contributed by atoms with Gasteiger partial charge >= 0.3 is 0 Å². The van der Waals surface area contributed by atoms with Gasteiger partial charge in [0.1, 0.15) is 0 Å².